The second-order valence-electron chi connectivity index (χ2n) is 4.84. The lowest BCUT2D eigenvalue weighted by Gasteiger charge is -2.32. The standard InChI is InChI=1S/C13H18O4/c1-7(14)11-9-5-6-10(12(11)8(2)15)13(9,16-3)17-4/h5-6,9-12H,1-4H3/t9-,10+,11-,12-/m1/s1. The van der Waals surface area contributed by atoms with Crippen molar-refractivity contribution in [3.8, 4) is 0 Å². The van der Waals surface area contributed by atoms with Crippen LogP contribution >= 0.6 is 0 Å². The number of carbonyl (C=O) groups excluding carboxylic acids is 2. The van der Waals surface area contributed by atoms with Crippen molar-refractivity contribution >= 4 is 11.6 Å². The second kappa shape index (κ2) is 4.03. The molecule has 17 heavy (non-hydrogen) atoms. The summed E-state index contributed by atoms with van der Waals surface area (Å²) in [7, 11) is 3.13. The van der Waals surface area contributed by atoms with Gasteiger partial charge in [-0.2, -0.15) is 0 Å². The van der Waals surface area contributed by atoms with Crippen molar-refractivity contribution in [1.29, 1.82) is 0 Å². The summed E-state index contributed by atoms with van der Waals surface area (Å²) in [6.45, 7) is 3.07. The lowest BCUT2D eigenvalue weighted by molar-refractivity contribution is -0.233. The number of fused-ring (bicyclic) bond motifs is 2. The molecule has 0 aromatic heterocycles. The first-order chi connectivity index (χ1) is 7.99. The summed E-state index contributed by atoms with van der Waals surface area (Å²) < 4.78 is 11.0. The van der Waals surface area contributed by atoms with Crippen molar-refractivity contribution in [2.24, 2.45) is 23.7 Å². The molecule has 1 fully saturated rings. The van der Waals surface area contributed by atoms with Gasteiger partial charge in [-0.3, -0.25) is 9.59 Å². The molecule has 0 saturated heterocycles. The highest BCUT2D eigenvalue weighted by Crippen LogP contribution is 2.56. The van der Waals surface area contributed by atoms with Gasteiger partial charge in [0.25, 0.3) is 0 Å². The topological polar surface area (TPSA) is 52.6 Å². The lowest BCUT2D eigenvalue weighted by Crippen LogP contribution is -2.41. The zero-order chi connectivity index (χ0) is 12.8. The van der Waals surface area contributed by atoms with Gasteiger partial charge in [-0.1, -0.05) is 12.2 Å². The van der Waals surface area contributed by atoms with Crippen LogP contribution in [-0.4, -0.2) is 31.6 Å². The molecule has 4 atom stereocenters. The van der Waals surface area contributed by atoms with Gasteiger partial charge >= 0.3 is 0 Å². The number of ketones is 2. The van der Waals surface area contributed by atoms with Crippen LogP contribution in [-0.2, 0) is 19.1 Å². The molecule has 94 valence electrons. The van der Waals surface area contributed by atoms with Crippen LogP contribution in [0.3, 0.4) is 0 Å². The summed E-state index contributed by atoms with van der Waals surface area (Å²) in [6, 6.07) is 0. The molecule has 2 bridgehead atoms. The van der Waals surface area contributed by atoms with E-state index < -0.39 is 5.79 Å². The molecule has 2 rings (SSSR count). The third-order valence-electron chi connectivity index (χ3n) is 4.19. The maximum Gasteiger partial charge on any atom is 0.181 e. The number of hydrogen-bond donors (Lipinski definition) is 0. The van der Waals surface area contributed by atoms with Crippen molar-refractivity contribution in [2.45, 2.75) is 19.6 Å². The van der Waals surface area contributed by atoms with E-state index in [4.69, 9.17) is 9.47 Å². The fourth-order valence-corrected chi connectivity index (χ4v) is 3.56. The SMILES string of the molecule is COC1(OC)[C@@H]2C=C[C@H]1[C@@H](C(C)=O)[C@@H]2C(C)=O. The van der Waals surface area contributed by atoms with E-state index in [0.717, 1.165) is 0 Å². The predicted molar refractivity (Wildman–Crippen MR) is 61.2 cm³/mol. The van der Waals surface area contributed by atoms with E-state index in [0.29, 0.717) is 0 Å². The Bertz CT molecular complexity index is 349. The fraction of sp³-hybridized carbons (Fsp3) is 0.692. The Morgan fingerprint density at radius 1 is 0.941 bits per heavy atom. The van der Waals surface area contributed by atoms with Gasteiger partial charge in [-0.05, 0) is 13.8 Å². The Hall–Kier alpha value is -1.00. The van der Waals surface area contributed by atoms with Crippen molar-refractivity contribution in [2.75, 3.05) is 14.2 Å². The van der Waals surface area contributed by atoms with E-state index in [1.54, 1.807) is 14.2 Å². The van der Waals surface area contributed by atoms with Crippen LogP contribution in [0.15, 0.2) is 12.2 Å². The van der Waals surface area contributed by atoms with Gasteiger partial charge < -0.3 is 9.47 Å². The van der Waals surface area contributed by atoms with Gasteiger partial charge in [0.15, 0.2) is 5.79 Å². The number of rotatable bonds is 4. The van der Waals surface area contributed by atoms with Crippen molar-refractivity contribution in [3.05, 3.63) is 12.2 Å². The Morgan fingerprint density at radius 2 is 1.29 bits per heavy atom. The molecule has 0 aromatic carbocycles. The molecule has 0 N–H and O–H groups in total. The molecule has 0 unspecified atom stereocenters. The average molecular weight is 238 g/mol. The molecule has 0 spiro atoms. The zero-order valence-corrected chi connectivity index (χ0v) is 10.6. The molecular formula is C13H18O4. The minimum absolute atomic E-state index is 0.0283. The second-order valence-corrected chi connectivity index (χ2v) is 4.84. The van der Waals surface area contributed by atoms with Crippen LogP contribution in [0, 0.1) is 23.7 Å². The number of carbonyl (C=O) groups is 2. The quantitative estimate of drug-likeness (QED) is 0.545. The van der Waals surface area contributed by atoms with E-state index in [9.17, 15) is 9.59 Å². The Balaban J connectivity index is 2.48. The van der Waals surface area contributed by atoms with E-state index in [-0.39, 0.29) is 35.2 Å². The van der Waals surface area contributed by atoms with E-state index in [1.807, 2.05) is 12.2 Å². The Kier molecular flexibility index (Phi) is 2.96. The third kappa shape index (κ3) is 1.44. The molecule has 4 nitrogen and oxygen atoms in total. The summed E-state index contributed by atoms with van der Waals surface area (Å²) in [5.41, 5.74) is 0. The third-order valence-corrected chi connectivity index (χ3v) is 4.19. The van der Waals surface area contributed by atoms with Gasteiger partial charge in [0, 0.05) is 37.9 Å². The number of hydrogen-bond acceptors (Lipinski definition) is 4. The summed E-state index contributed by atoms with van der Waals surface area (Å²) >= 11 is 0. The highest BCUT2D eigenvalue weighted by molar-refractivity contribution is 5.90. The van der Waals surface area contributed by atoms with Crippen molar-refractivity contribution in [3.63, 3.8) is 0 Å². The summed E-state index contributed by atoms with van der Waals surface area (Å²) in [4.78, 5) is 23.5. The van der Waals surface area contributed by atoms with Gasteiger partial charge in [-0.15, -0.1) is 0 Å². The monoisotopic (exact) mass is 238 g/mol. The summed E-state index contributed by atoms with van der Waals surface area (Å²) in [6.07, 6.45) is 3.90. The van der Waals surface area contributed by atoms with Crippen LogP contribution in [0.2, 0.25) is 0 Å². The van der Waals surface area contributed by atoms with Crippen LogP contribution in [0.25, 0.3) is 0 Å². The molecule has 0 amide bonds. The molecular weight excluding hydrogens is 220 g/mol. The first-order valence-corrected chi connectivity index (χ1v) is 5.79. The first kappa shape index (κ1) is 12.5. The number of Topliss-reactive ketones (excluding diaryl/α,β-unsaturated/α-hetero) is 2. The van der Waals surface area contributed by atoms with Crippen molar-refractivity contribution < 1.29 is 19.1 Å². The molecule has 1 saturated carbocycles. The Morgan fingerprint density at radius 3 is 1.53 bits per heavy atom. The number of methoxy groups -OCH3 is 2. The molecule has 2 aliphatic rings. The minimum atomic E-state index is -0.841. The smallest absolute Gasteiger partial charge is 0.181 e. The highest BCUT2D eigenvalue weighted by atomic mass is 16.7. The molecule has 0 aromatic rings. The Labute approximate surface area is 101 Å². The van der Waals surface area contributed by atoms with Crippen LogP contribution in [0.5, 0.6) is 0 Å². The molecule has 0 aliphatic heterocycles. The summed E-state index contributed by atoms with van der Waals surface area (Å²) in [5, 5.41) is 0. The van der Waals surface area contributed by atoms with Crippen molar-refractivity contribution in [1.82, 2.24) is 0 Å². The minimum Gasteiger partial charge on any atom is -0.352 e. The zero-order valence-electron chi connectivity index (χ0n) is 10.6. The van der Waals surface area contributed by atoms with Crippen LogP contribution < -0.4 is 0 Å². The lowest BCUT2D eigenvalue weighted by atomic mass is 9.79. The number of ether oxygens (including phenoxy) is 2. The molecule has 4 heteroatoms. The van der Waals surface area contributed by atoms with Crippen LogP contribution in [0.1, 0.15) is 13.8 Å². The van der Waals surface area contributed by atoms with Gasteiger partial charge in [0.05, 0.1) is 0 Å². The molecule has 0 heterocycles. The maximum absolute atomic E-state index is 11.8. The van der Waals surface area contributed by atoms with Gasteiger partial charge in [0.1, 0.15) is 11.6 Å². The summed E-state index contributed by atoms with van der Waals surface area (Å²) in [5.74, 6) is -1.74. The maximum atomic E-state index is 11.8. The predicted octanol–water partition coefficient (Wildman–Crippen LogP) is 1.20. The normalized spacial score (nSPS) is 37.4. The molecule has 2 aliphatic carbocycles. The fourth-order valence-electron chi connectivity index (χ4n) is 3.56. The first-order valence-electron chi connectivity index (χ1n) is 5.79. The molecule has 0 radical (unpaired) electrons. The van der Waals surface area contributed by atoms with E-state index >= 15 is 0 Å². The van der Waals surface area contributed by atoms with E-state index in [2.05, 4.69) is 0 Å². The van der Waals surface area contributed by atoms with E-state index in [1.165, 1.54) is 13.8 Å². The van der Waals surface area contributed by atoms with Gasteiger partial charge in [0.2, 0.25) is 0 Å². The average Bonchev–Trinajstić information content (AvgIpc) is 2.78. The van der Waals surface area contributed by atoms with Crippen LogP contribution in [0.4, 0.5) is 0 Å². The van der Waals surface area contributed by atoms with Gasteiger partial charge in [-0.25, -0.2) is 0 Å². The largest absolute Gasteiger partial charge is 0.352 e. The highest BCUT2D eigenvalue weighted by Gasteiger charge is 2.65.